The van der Waals surface area contributed by atoms with E-state index >= 15 is 0 Å². The number of methoxy groups -OCH3 is 1. The lowest BCUT2D eigenvalue weighted by Gasteiger charge is -2.25. The quantitative estimate of drug-likeness (QED) is 0.789. The van der Waals surface area contributed by atoms with E-state index in [9.17, 15) is 4.79 Å². The monoisotopic (exact) mass is 236 g/mol. The van der Waals surface area contributed by atoms with Gasteiger partial charge in [0.05, 0.1) is 0 Å². The lowest BCUT2D eigenvalue weighted by atomic mass is 10.0. The second kappa shape index (κ2) is 5.19. The van der Waals surface area contributed by atoms with Crippen LogP contribution < -0.4 is 11.1 Å². The van der Waals surface area contributed by atoms with Crippen molar-refractivity contribution in [2.45, 2.75) is 32.8 Å². The number of anilines is 2. The van der Waals surface area contributed by atoms with Crippen molar-refractivity contribution in [1.82, 2.24) is 0 Å². The van der Waals surface area contributed by atoms with E-state index < -0.39 is 5.60 Å². The fourth-order valence-electron chi connectivity index (χ4n) is 1.38. The lowest BCUT2D eigenvalue weighted by molar-refractivity contribution is -0.136. The Kier molecular flexibility index (Phi) is 4.12. The summed E-state index contributed by atoms with van der Waals surface area (Å²) >= 11 is 0. The van der Waals surface area contributed by atoms with Crippen LogP contribution in [0.5, 0.6) is 0 Å². The molecule has 94 valence electrons. The van der Waals surface area contributed by atoms with Crippen LogP contribution >= 0.6 is 0 Å². The van der Waals surface area contributed by atoms with Crippen LogP contribution in [-0.4, -0.2) is 18.6 Å². The van der Waals surface area contributed by atoms with Gasteiger partial charge in [0, 0.05) is 18.5 Å². The van der Waals surface area contributed by atoms with E-state index in [1.54, 1.807) is 13.0 Å². The molecule has 1 atom stereocenters. The second-order valence-corrected chi connectivity index (χ2v) is 4.31. The number of nitrogens with one attached hydrogen (secondary N) is 1. The first-order valence-electron chi connectivity index (χ1n) is 5.65. The lowest BCUT2D eigenvalue weighted by Crippen LogP contribution is -2.41. The zero-order valence-electron chi connectivity index (χ0n) is 10.8. The first-order chi connectivity index (χ1) is 7.92. The SMILES string of the molecule is CCC(C)(OC)C(=O)Nc1ccc(C)c(N)c1. The molecule has 0 aromatic heterocycles. The maximum absolute atomic E-state index is 12.0. The van der Waals surface area contributed by atoms with Crippen LogP contribution in [-0.2, 0) is 9.53 Å². The molecule has 4 nitrogen and oxygen atoms in total. The molecule has 1 rings (SSSR count). The smallest absolute Gasteiger partial charge is 0.256 e. The normalized spacial score (nSPS) is 14.1. The highest BCUT2D eigenvalue weighted by Crippen LogP contribution is 2.20. The van der Waals surface area contributed by atoms with Gasteiger partial charge in [0.2, 0.25) is 0 Å². The molecule has 1 aromatic rings. The molecule has 3 N–H and O–H groups in total. The maximum Gasteiger partial charge on any atom is 0.256 e. The molecule has 0 fully saturated rings. The van der Waals surface area contributed by atoms with Gasteiger partial charge in [-0.2, -0.15) is 0 Å². The molecule has 17 heavy (non-hydrogen) atoms. The summed E-state index contributed by atoms with van der Waals surface area (Å²) in [5.74, 6) is -0.161. The van der Waals surface area contributed by atoms with Crippen LogP contribution in [0.25, 0.3) is 0 Å². The third-order valence-electron chi connectivity index (χ3n) is 3.14. The summed E-state index contributed by atoms with van der Waals surface area (Å²) in [4.78, 5) is 12.0. The predicted octanol–water partition coefficient (Wildman–Crippen LogP) is 2.33. The van der Waals surface area contributed by atoms with Crippen molar-refractivity contribution in [3.05, 3.63) is 23.8 Å². The number of nitrogen functional groups attached to an aromatic ring is 1. The summed E-state index contributed by atoms with van der Waals surface area (Å²) in [6.07, 6.45) is 0.608. The molecule has 1 amide bonds. The van der Waals surface area contributed by atoms with E-state index in [0.717, 1.165) is 5.56 Å². The summed E-state index contributed by atoms with van der Waals surface area (Å²) in [6.45, 7) is 5.60. The minimum Gasteiger partial charge on any atom is -0.398 e. The highest BCUT2D eigenvalue weighted by Gasteiger charge is 2.30. The van der Waals surface area contributed by atoms with Crippen LogP contribution in [0.2, 0.25) is 0 Å². The van der Waals surface area contributed by atoms with Crippen molar-refractivity contribution in [3.8, 4) is 0 Å². The standard InChI is InChI=1S/C13H20N2O2/c1-5-13(3,17-4)12(16)15-10-7-6-9(2)11(14)8-10/h6-8H,5,14H2,1-4H3,(H,15,16). The number of hydrogen-bond acceptors (Lipinski definition) is 3. The summed E-state index contributed by atoms with van der Waals surface area (Å²) in [6, 6.07) is 5.45. The van der Waals surface area contributed by atoms with Gasteiger partial charge in [-0.3, -0.25) is 4.79 Å². The molecule has 0 aliphatic carbocycles. The van der Waals surface area contributed by atoms with Crippen LogP contribution in [0.3, 0.4) is 0 Å². The van der Waals surface area contributed by atoms with Gasteiger partial charge in [-0.15, -0.1) is 0 Å². The number of carbonyl (C=O) groups is 1. The summed E-state index contributed by atoms with van der Waals surface area (Å²) in [7, 11) is 1.53. The Morgan fingerprint density at radius 2 is 2.18 bits per heavy atom. The molecule has 0 aliphatic heterocycles. The number of nitrogens with two attached hydrogens (primary N) is 1. The fourth-order valence-corrected chi connectivity index (χ4v) is 1.38. The van der Waals surface area contributed by atoms with Crippen molar-refractivity contribution in [3.63, 3.8) is 0 Å². The first-order valence-corrected chi connectivity index (χ1v) is 5.65. The number of carbonyl (C=O) groups excluding carboxylic acids is 1. The van der Waals surface area contributed by atoms with Crippen LogP contribution in [0.4, 0.5) is 11.4 Å². The van der Waals surface area contributed by atoms with E-state index in [4.69, 9.17) is 10.5 Å². The van der Waals surface area contributed by atoms with Crippen molar-refractivity contribution in [2.75, 3.05) is 18.2 Å². The number of benzene rings is 1. The average Bonchev–Trinajstić information content (AvgIpc) is 2.32. The molecule has 0 radical (unpaired) electrons. The van der Waals surface area contributed by atoms with Gasteiger partial charge in [-0.25, -0.2) is 0 Å². The molecule has 0 heterocycles. The van der Waals surface area contributed by atoms with E-state index in [0.29, 0.717) is 17.8 Å². The van der Waals surface area contributed by atoms with Gasteiger partial charge >= 0.3 is 0 Å². The first kappa shape index (κ1) is 13.5. The Bertz CT molecular complexity index is 412. The Morgan fingerprint density at radius 1 is 1.53 bits per heavy atom. The second-order valence-electron chi connectivity index (χ2n) is 4.31. The molecule has 0 spiro atoms. The molecular weight excluding hydrogens is 216 g/mol. The van der Waals surface area contributed by atoms with E-state index in [-0.39, 0.29) is 5.91 Å². The number of aryl methyl sites for hydroxylation is 1. The van der Waals surface area contributed by atoms with Crippen molar-refractivity contribution in [2.24, 2.45) is 0 Å². The zero-order valence-corrected chi connectivity index (χ0v) is 10.8. The summed E-state index contributed by atoms with van der Waals surface area (Å²) < 4.78 is 5.23. The number of hydrogen-bond donors (Lipinski definition) is 2. The van der Waals surface area contributed by atoms with Gasteiger partial charge in [-0.1, -0.05) is 13.0 Å². The molecule has 0 saturated heterocycles. The maximum atomic E-state index is 12.0. The molecule has 1 aromatic carbocycles. The highest BCUT2D eigenvalue weighted by atomic mass is 16.5. The molecule has 4 heteroatoms. The Balaban J connectivity index is 2.84. The molecule has 0 bridgehead atoms. The van der Waals surface area contributed by atoms with Gasteiger partial charge in [0.25, 0.3) is 5.91 Å². The zero-order chi connectivity index (χ0) is 13.1. The number of amides is 1. The Morgan fingerprint density at radius 3 is 2.65 bits per heavy atom. The molecular formula is C13H20N2O2. The van der Waals surface area contributed by atoms with Gasteiger partial charge in [0.1, 0.15) is 5.60 Å². The predicted molar refractivity (Wildman–Crippen MR) is 69.9 cm³/mol. The minimum absolute atomic E-state index is 0.161. The molecule has 1 unspecified atom stereocenters. The van der Waals surface area contributed by atoms with Crippen molar-refractivity contribution >= 4 is 17.3 Å². The van der Waals surface area contributed by atoms with Crippen LogP contribution in [0.1, 0.15) is 25.8 Å². The molecule has 0 saturated carbocycles. The average molecular weight is 236 g/mol. The van der Waals surface area contributed by atoms with Crippen LogP contribution in [0, 0.1) is 6.92 Å². The third kappa shape index (κ3) is 2.97. The minimum atomic E-state index is -0.806. The Labute approximate surface area is 102 Å². The largest absolute Gasteiger partial charge is 0.398 e. The van der Waals surface area contributed by atoms with Gasteiger partial charge in [-0.05, 0) is 38.0 Å². The fraction of sp³-hybridized carbons (Fsp3) is 0.462. The van der Waals surface area contributed by atoms with Gasteiger partial charge < -0.3 is 15.8 Å². The van der Waals surface area contributed by atoms with E-state index in [2.05, 4.69) is 5.32 Å². The Hall–Kier alpha value is -1.55. The van der Waals surface area contributed by atoms with E-state index in [1.807, 2.05) is 26.0 Å². The third-order valence-corrected chi connectivity index (χ3v) is 3.14. The van der Waals surface area contributed by atoms with Gasteiger partial charge in [0.15, 0.2) is 0 Å². The van der Waals surface area contributed by atoms with Crippen molar-refractivity contribution in [1.29, 1.82) is 0 Å². The number of ether oxygens (including phenoxy) is 1. The van der Waals surface area contributed by atoms with Crippen LogP contribution in [0.15, 0.2) is 18.2 Å². The topological polar surface area (TPSA) is 64.3 Å². The highest BCUT2D eigenvalue weighted by molar-refractivity contribution is 5.97. The van der Waals surface area contributed by atoms with Crippen molar-refractivity contribution < 1.29 is 9.53 Å². The summed E-state index contributed by atoms with van der Waals surface area (Å²) in [5, 5.41) is 2.81. The number of rotatable bonds is 4. The van der Waals surface area contributed by atoms with E-state index in [1.165, 1.54) is 7.11 Å². The summed E-state index contributed by atoms with van der Waals surface area (Å²) in [5.41, 5.74) is 7.33. The molecule has 0 aliphatic rings.